The molecule has 0 aliphatic carbocycles. The summed E-state index contributed by atoms with van der Waals surface area (Å²) < 4.78 is 0. The summed E-state index contributed by atoms with van der Waals surface area (Å²) >= 11 is 1.64. The van der Waals surface area contributed by atoms with Gasteiger partial charge in [0.25, 0.3) is 0 Å². The Kier molecular flexibility index (Phi) is 6.18. The molecule has 1 unspecified atom stereocenters. The van der Waals surface area contributed by atoms with Crippen LogP contribution in [-0.2, 0) is 11.2 Å². The smallest absolute Gasteiger partial charge is 0.304 e. The van der Waals surface area contributed by atoms with E-state index in [2.05, 4.69) is 0 Å². The second-order valence-electron chi connectivity index (χ2n) is 3.89. The van der Waals surface area contributed by atoms with Crippen LogP contribution in [0.25, 0.3) is 0 Å². The van der Waals surface area contributed by atoms with Crippen molar-refractivity contribution in [2.45, 2.75) is 25.8 Å². The molecule has 4 nitrogen and oxygen atoms in total. The Morgan fingerprint density at radius 2 is 2.35 bits per heavy atom. The summed E-state index contributed by atoms with van der Waals surface area (Å²) in [5.41, 5.74) is 0. The van der Waals surface area contributed by atoms with Gasteiger partial charge in [-0.05, 0) is 24.4 Å². The number of likely N-dealkylation sites (N-methyl/N-ethyl adjacent to an activating group) is 1. The van der Waals surface area contributed by atoms with E-state index in [1.165, 1.54) is 4.88 Å². The normalized spacial score (nSPS) is 12.9. The molecule has 0 amide bonds. The highest BCUT2D eigenvalue weighted by Crippen LogP contribution is 2.16. The number of carbonyl (C=O) groups is 1. The van der Waals surface area contributed by atoms with E-state index in [4.69, 9.17) is 10.2 Å². The van der Waals surface area contributed by atoms with E-state index in [-0.39, 0.29) is 19.1 Å². The zero-order valence-electron chi connectivity index (χ0n) is 10.0. The van der Waals surface area contributed by atoms with Crippen molar-refractivity contribution < 1.29 is 15.0 Å². The number of nitrogens with zero attached hydrogens (tertiary/aromatic N) is 1. The van der Waals surface area contributed by atoms with Crippen molar-refractivity contribution >= 4 is 17.3 Å². The predicted octanol–water partition coefficient (Wildman–Crippen LogP) is 1.45. The molecule has 0 saturated heterocycles. The maximum absolute atomic E-state index is 10.9. The minimum atomic E-state index is -0.789. The number of aliphatic carboxylic acids is 1. The number of aliphatic hydroxyl groups is 1. The van der Waals surface area contributed by atoms with Crippen LogP contribution in [-0.4, -0.2) is 46.8 Å². The fourth-order valence-corrected chi connectivity index (χ4v) is 2.70. The SMILES string of the molecule is CCN(CCO)C(CC(=O)O)Cc1cccs1. The summed E-state index contributed by atoms with van der Waals surface area (Å²) in [6.07, 6.45) is 0.851. The standard InChI is InChI=1S/C12H19NO3S/c1-2-13(5-6-14)10(9-12(15)16)8-11-4-3-7-17-11/h3-4,7,10,14H,2,5-6,8-9H2,1H3,(H,15,16). The fraction of sp³-hybridized carbons (Fsp3) is 0.583. The highest BCUT2D eigenvalue weighted by Gasteiger charge is 2.20. The number of thiophene rings is 1. The molecule has 1 atom stereocenters. The summed E-state index contributed by atoms with van der Waals surface area (Å²) in [5, 5.41) is 19.9. The molecule has 1 aromatic rings. The third-order valence-electron chi connectivity index (χ3n) is 2.74. The Bertz CT molecular complexity index is 327. The van der Waals surface area contributed by atoms with Crippen molar-refractivity contribution in [2.75, 3.05) is 19.7 Å². The monoisotopic (exact) mass is 257 g/mol. The highest BCUT2D eigenvalue weighted by atomic mass is 32.1. The third-order valence-corrected chi connectivity index (χ3v) is 3.64. The van der Waals surface area contributed by atoms with Gasteiger partial charge in [-0.1, -0.05) is 13.0 Å². The Morgan fingerprint density at radius 3 is 2.82 bits per heavy atom. The molecule has 2 N–H and O–H groups in total. The summed E-state index contributed by atoms with van der Waals surface area (Å²) in [5.74, 6) is -0.789. The van der Waals surface area contributed by atoms with Gasteiger partial charge in [0, 0.05) is 17.5 Å². The van der Waals surface area contributed by atoms with Crippen molar-refractivity contribution in [3.63, 3.8) is 0 Å². The number of hydrogen-bond donors (Lipinski definition) is 2. The first-order valence-corrected chi connectivity index (χ1v) is 6.64. The molecule has 0 fully saturated rings. The molecule has 0 radical (unpaired) electrons. The number of carboxylic acid groups (broad SMARTS) is 1. The molecule has 0 aromatic carbocycles. The van der Waals surface area contributed by atoms with Gasteiger partial charge in [-0.25, -0.2) is 0 Å². The minimum absolute atomic E-state index is 0.0386. The molecule has 0 aliphatic rings. The predicted molar refractivity (Wildman–Crippen MR) is 68.4 cm³/mol. The lowest BCUT2D eigenvalue weighted by Gasteiger charge is -2.28. The van der Waals surface area contributed by atoms with Crippen LogP contribution in [0.15, 0.2) is 17.5 Å². The van der Waals surface area contributed by atoms with E-state index in [0.29, 0.717) is 6.54 Å². The van der Waals surface area contributed by atoms with Crippen LogP contribution in [0.4, 0.5) is 0 Å². The fourth-order valence-electron chi connectivity index (χ4n) is 1.92. The number of rotatable bonds is 8. The van der Waals surface area contributed by atoms with Crippen LogP contribution in [0.2, 0.25) is 0 Å². The topological polar surface area (TPSA) is 60.8 Å². The molecule has 1 heterocycles. The first-order valence-electron chi connectivity index (χ1n) is 5.76. The summed E-state index contributed by atoms with van der Waals surface area (Å²) in [6.45, 7) is 3.33. The Labute approximate surface area is 106 Å². The summed E-state index contributed by atoms with van der Waals surface area (Å²) in [4.78, 5) is 14.1. The van der Waals surface area contributed by atoms with Gasteiger partial charge in [0.05, 0.1) is 13.0 Å². The van der Waals surface area contributed by atoms with Gasteiger partial charge in [0.15, 0.2) is 0 Å². The van der Waals surface area contributed by atoms with Crippen molar-refractivity contribution in [3.05, 3.63) is 22.4 Å². The molecular weight excluding hydrogens is 238 g/mol. The molecule has 0 bridgehead atoms. The van der Waals surface area contributed by atoms with E-state index < -0.39 is 5.97 Å². The molecule has 17 heavy (non-hydrogen) atoms. The average Bonchev–Trinajstić information content (AvgIpc) is 2.77. The second kappa shape index (κ2) is 7.42. The molecule has 1 rings (SSSR count). The van der Waals surface area contributed by atoms with E-state index in [9.17, 15) is 4.79 Å². The van der Waals surface area contributed by atoms with Crippen molar-refractivity contribution in [1.82, 2.24) is 4.90 Å². The zero-order valence-corrected chi connectivity index (χ0v) is 10.8. The molecule has 0 spiro atoms. The van der Waals surface area contributed by atoms with Crippen LogP contribution in [0.1, 0.15) is 18.2 Å². The number of hydrogen-bond acceptors (Lipinski definition) is 4. The van der Waals surface area contributed by atoms with Crippen LogP contribution in [0, 0.1) is 0 Å². The van der Waals surface area contributed by atoms with E-state index >= 15 is 0 Å². The van der Waals surface area contributed by atoms with Crippen LogP contribution >= 0.6 is 11.3 Å². The lowest BCUT2D eigenvalue weighted by molar-refractivity contribution is -0.138. The maximum atomic E-state index is 10.9. The molecule has 0 aliphatic heterocycles. The van der Waals surface area contributed by atoms with Gasteiger partial charge in [-0.2, -0.15) is 0 Å². The second-order valence-corrected chi connectivity index (χ2v) is 4.92. The third kappa shape index (κ3) is 4.85. The zero-order chi connectivity index (χ0) is 12.7. The Hall–Kier alpha value is -0.910. The lowest BCUT2D eigenvalue weighted by atomic mass is 10.1. The average molecular weight is 257 g/mol. The molecule has 1 aromatic heterocycles. The maximum Gasteiger partial charge on any atom is 0.304 e. The molecule has 96 valence electrons. The summed E-state index contributed by atoms with van der Waals surface area (Å²) in [6, 6.07) is 3.95. The van der Waals surface area contributed by atoms with Gasteiger partial charge in [-0.15, -0.1) is 11.3 Å². The highest BCUT2D eigenvalue weighted by molar-refractivity contribution is 7.09. The van der Waals surface area contributed by atoms with E-state index in [1.54, 1.807) is 11.3 Å². The van der Waals surface area contributed by atoms with Crippen molar-refractivity contribution in [2.24, 2.45) is 0 Å². The molecule has 5 heteroatoms. The van der Waals surface area contributed by atoms with Crippen molar-refractivity contribution in [1.29, 1.82) is 0 Å². The van der Waals surface area contributed by atoms with Crippen molar-refractivity contribution in [3.8, 4) is 0 Å². The van der Waals surface area contributed by atoms with E-state index in [1.807, 2.05) is 29.3 Å². The van der Waals surface area contributed by atoms with Crippen LogP contribution in [0.5, 0.6) is 0 Å². The quantitative estimate of drug-likeness (QED) is 0.740. The van der Waals surface area contributed by atoms with Gasteiger partial charge >= 0.3 is 5.97 Å². The van der Waals surface area contributed by atoms with E-state index in [0.717, 1.165) is 13.0 Å². The number of aliphatic hydroxyl groups excluding tert-OH is 1. The van der Waals surface area contributed by atoms with Crippen LogP contribution in [0.3, 0.4) is 0 Å². The summed E-state index contributed by atoms with van der Waals surface area (Å²) in [7, 11) is 0. The van der Waals surface area contributed by atoms with Crippen LogP contribution < -0.4 is 0 Å². The Balaban J connectivity index is 2.67. The van der Waals surface area contributed by atoms with Gasteiger partial charge in [0.2, 0.25) is 0 Å². The molecule has 0 saturated carbocycles. The Morgan fingerprint density at radius 1 is 1.59 bits per heavy atom. The number of carboxylic acids is 1. The first kappa shape index (κ1) is 14.2. The van der Waals surface area contributed by atoms with Gasteiger partial charge in [0.1, 0.15) is 0 Å². The largest absolute Gasteiger partial charge is 0.481 e. The molecular formula is C12H19NO3S. The van der Waals surface area contributed by atoms with Gasteiger partial charge < -0.3 is 10.2 Å². The minimum Gasteiger partial charge on any atom is -0.481 e. The van der Waals surface area contributed by atoms with Gasteiger partial charge in [-0.3, -0.25) is 9.69 Å². The first-order chi connectivity index (χ1) is 8.17. The lowest BCUT2D eigenvalue weighted by Crippen LogP contribution is -2.40.